The topological polar surface area (TPSA) is 38.9 Å². The summed E-state index contributed by atoms with van der Waals surface area (Å²) in [5.41, 5.74) is 12.3. The maximum Gasteiger partial charge on any atom is 0.143 e. The van der Waals surface area contributed by atoms with E-state index >= 15 is 0 Å². The van der Waals surface area contributed by atoms with Crippen LogP contribution in [0.4, 0.5) is 0 Å². The van der Waals surface area contributed by atoms with Gasteiger partial charge in [0.2, 0.25) is 0 Å². The lowest BCUT2D eigenvalue weighted by atomic mass is 9.90. The van der Waals surface area contributed by atoms with Crippen molar-refractivity contribution in [3.8, 4) is 44.6 Å². The van der Waals surface area contributed by atoms with Crippen LogP contribution in [0.15, 0.2) is 174 Å². The number of rotatable bonds is 4. The van der Waals surface area contributed by atoms with Crippen LogP contribution in [0.3, 0.4) is 0 Å². The average Bonchev–Trinajstić information content (AvgIpc) is 3.57. The summed E-state index contributed by atoms with van der Waals surface area (Å²) in [7, 11) is 0. The van der Waals surface area contributed by atoms with Gasteiger partial charge >= 0.3 is 0 Å². The van der Waals surface area contributed by atoms with Crippen LogP contribution in [0.2, 0.25) is 0 Å². The molecule has 0 aliphatic carbocycles. The normalized spacial score (nSPS) is 11.7. The van der Waals surface area contributed by atoms with Gasteiger partial charge in [0.05, 0.1) is 22.9 Å². The van der Waals surface area contributed by atoms with Crippen molar-refractivity contribution < 1.29 is 4.42 Å². The molecule has 3 heteroatoms. The maximum atomic E-state index is 6.45. The second kappa shape index (κ2) is 11.0. The standard InChI is InChI=1S/C46H28N2O/c1-3-17-33(40-24-12-25-41-37-21-9-10-26-43(37)49-46(40)41)31(15-1)29-13-11-14-30(27-29)32-16-2-6-20-36(32)42-28-47-44-38-22-7-4-18-34(38)35-19-5-8-23-39(35)45(44)48-42/h1-28H. The number of nitrogens with zero attached hydrogens (tertiary/aromatic N) is 2. The van der Waals surface area contributed by atoms with Gasteiger partial charge in [-0.25, -0.2) is 4.98 Å². The first-order valence-corrected chi connectivity index (χ1v) is 16.6. The van der Waals surface area contributed by atoms with Crippen molar-refractivity contribution in [2.75, 3.05) is 0 Å². The van der Waals surface area contributed by atoms with Crippen LogP contribution in [0.1, 0.15) is 0 Å². The fourth-order valence-electron chi connectivity index (χ4n) is 7.49. The van der Waals surface area contributed by atoms with Crippen LogP contribution in [-0.2, 0) is 0 Å². The fraction of sp³-hybridized carbons (Fsp3) is 0. The summed E-state index contributed by atoms with van der Waals surface area (Å²) in [6, 6.07) is 57.6. The van der Waals surface area contributed by atoms with Gasteiger partial charge in [-0.15, -0.1) is 0 Å². The molecule has 0 radical (unpaired) electrons. The van der Waals surface area contributed by atoms with Gasteiger partial charge in [-0.1, -0.05) is 152 Å². The van der Waals surface area contributed by atoms with Crippen LogP contribution >= 0.6 is 0 Å². The lowest BCUT2D eigenvalue weighted by Gasteiger charge is -2.14. The van der Waals surface area contributed by atoms with Gasteiger partial charge in [0.25, 0.3) is 0 Å². The zero-order chi connectivity index (χ0) is 32.3. The Hall–Kier alpha value is -6.58. The van der Waals surface area contributed by atoms with E-state index in [1.165, 1.54) is 10.8 Å². The molecule has 0 spiro atoms. The van der Waals surface area contributed by atoms with Crippen LogP contribution in [0, 0.1) is 0 Å². The van der Waals surface area contributed by atoms with E-state index in [0.717, 1.165) is 88.4 Å². The van der Waals surface area contributed by atoms with Gasteiger partial charge in [0.1, 0.15) is 11.2 Å². The molecule has 0 amide bonds. The average molecular weight is 625 g/mol. The number of hydrogen-bond acceptors (Lipinski definition) is 3. The van der Waals surface area contributed by atoms with Crippen LogP contribution in [-0.4, -0.2) is 9.97 Å². The third-order valence-electron chi connectivity index (χ3n) is 9.74. The van der Waals surface area contributed by atoms with E-state index in [1.807, 2.05) is 18.3 Å². The van der Waals surface area contributed by atoms with E-state index in [0.29, 0.717) is 0 Å². The van der Waals surface area contributed by atoms with E-state index in [1.54, 1.807) is 0 Å². The minimum atomic E-state index is 0.853. The number of para-hydroxylation sites is 2. The SMILES string of the molecule is c1cc(-c2ccccc2-c2cnc3c4ccccc4c4ccccc4c3n2)cc(-c2ccccc2-c2cccc3c2oc2ccccc23)c1. The molecule has 10 rings (SSSR count). The molecule has 0 fully saturated rings. The summed E-state index contributed by atoms with van der Waals surface area (Å²) in [5.74, 6) is 0. The molecule has 228 valence electrons. The minimum Gasteiger partial charge on any atom is -0.455 e. The molecule has 0 aliphatic heterocycles. The lowest BCUT2D eigenvalue weighted by Crippen LogP contribution is -1.94. The highest BCUT2D eigenvalue weighted by Gasteiger charge is 2.17. The summed E-state index contributed by atoms with van der Waals surface area (Å²) in [4.78, 5) is 10.4. The van der Waals surface area contributed by atoms with E-state index in [4.69, 9.17) is 14.4 Å². The summed E-state index contributed by atoms with van der Waals surface area (Å²) < 4.78 is 6.45. The molecular weight excluding hydrogens is 597 g/mol. The third kappa shape index (κ3) is 4.37. The highest BCUT2D eigenvalue weighted by Crippen LogP contribution is 2.41. The summed E-state index contributed by atoms with van der Waals surface area (Å²) >= 11 is 0. The highest BCUT2D eigenvalue weighted by molar-refractivity contribution is 6.23. The molecule has 3 nitrogen and oxygen atoms in total. The summed E-state index contributed by atoms with van der Waals surface area (Å²) in [6.45, 7) is 0. The van der Waals surface area contributed by atoms with Crippen LogP contribution < -0.4 is 0 Å². The smallest absolute Gasteiger partial charge is 0.143 e. The fourth-order valence-corrected chi connectivity index (χ4v) is 7.49. The zero-order valence-electron chi connectivity index (χ0n) is 26.5. The molecule has 2 aromatic heterocycles. The zero-order valence-corrected chi connectivity index (χ0v) is 26.5. The molecule has 0 N–H and O–H groups in total. The van der Waals surface area contributed by atoms with Gasteiger partial charge in [-0.2, -0.15) is 0 Å². The Balaban J connectivity index is 1.12. The molecule has 2 heterocycles. The second-order valence-corrected chi connectivity index (χ2v) is 12.5. The molecule has 0 aliphatic rings. The maximum absolute atomic E-state index is 6.45. The van der Waals surface area contributed by atoms with E-state index in [-0.39, 0.29) is 0 Å². The first kappa shape index (κ1) is 27.5. The lowest BCUT2D eigenvalue weighted by molar-refractivity contribution is 0.670. The van der Waals surface area contributed by atoms with Gasteiger partial charge < -0.3 is 4.42 Å². The van der Waals surface area contributed by atoms with Crippen molar-refractivity contribution in [1.82, 2.24) is 9.97 Å². The second-order valence-electron chi connectivity index (χ2n) is 12.5. The monoisotopic (exact) mass is 624 g/mol. The van der Waals surface area contributed by atoms with Crippen molar-refractivity contribution in [3.63, 3.8) is 0 Å². The van der Waals surface area contributed by atoms with Crippen molar-refractivity contribution in [2.24, 2.45) is 0 Å². The number of hydrogen-bond donors (Lipinski definition) is 0. The van der Waals surface area contributed by atoms with Crippen molar-refractivity contribution >= 4 is 54.5 Å². The number of furan rings is 1. The molecule has 0 unspecified atom stereocenters. The minimum absolute atomic E-state index is 0.853. The summed E-state index contributed by atoms with van der Waals surface area (Å²) in [5, 5.41) is 6.88. The van der Waals surface area contributed by atoms with E-state index in [2.05, 4.69) is 152 Å². The molecule has 10 aromatic rings. The Kier molecular flexibility index (Phi) is 6.18. The Morgan fingerprint density at radius 2 is 0.878 bits per heavy atom. The third-order valence-corrected chi connectivity index (χ3v) is 9.74. The van der Waals surface area contributed by atoms with Crippen LogP contribution in [0.25, 0.3) is 99.2 Å². The predicted molar refractivity (Wildman–Crippen MR) is 204 cm³/mol. The Morgan fingerprint density at radius 1 is 0.367 bits per heavy atom. The van der Waals surface area contributed by atoms with Gasteiger partial charge in [0, 0.05) is 32.7 Å². The quantitative estimate of drug-likeness (QED) is 0.183. The molecule has 0 atom stereocenters. The first-order valence-electron chi connectivity index (χ1n) is 16.6. The van der Waals surface area contributed by atoms with Crippen molar-refractivity contribution in [3.05, 3.63) is 170 Å². The van der Waals surface area contributed by atoms with E-state index < -0.39 is 0 Å². The molecule has 49 heavy (non-hydrogen) atoms. The molecular formula is C46H28N2O. The summed E-state index contributed by atoms with van der Waals surface area (Å²) in [6.07, 6.45) is 1.93. The van der Waals surface area contributed by atoms with Crippen molar-refractivity contribution in [2.45, 2.75) is 0 Å². The number of fused-ring (bicyclic) bond motifs is 9. The molecule has 8 aromatic carbocycles. The van der Waals surface area contributed by atoms with Gasteiger partial charge in [0.15, 0.2) is 0 Å². The molecule has 0 bridgehead atoms. The Labute approximate surface area is 282 Å². The number of benzene rings is 8. The Bertz CT molecular complexity index is 2870. The van der Waals surface area contributed by atoms with Gasteiger partial charge in [-0.05, 0) is 50.7 Å². The molecule has 0 saturated heterocycles. The molecule has 0 saturated carbocycles. The van der Waals surface area contributed by atoms with E-state index in [9.17, 15) is 0 Å². The largest absolute Gasteiger partial charge is 0.455 e. The number of aromatic nitrogens is 2. The predicted octanol–water partition coefficient (Wildman–Crippen LogP) is 12.5. The first-order chi connectivity index (χ1) is 24.3. The van der Waals surface area contributed by atoms with Gasteiger partial charge in [-0.3, -0.25) is 4.98 Å². The van der Waals surface area contributed by atoms with Crippen molar-refractivity contribution in [1.29, 1.82) is 0 Å². The Morgan fingerprint density at radius 3 is 1.61 bits per heavy atom. The van der Waals surface area contributed by atoms with Crippen LogP contribution in [0.5, 0.6) is 0 Å². The highest BCUT2D eigenvalue weighted by atomic mass is 16.3.